The van der Waals surface area contributed by atoms with Gasteiger partial charge in [0, 0.05) is 5.92 Å². The minimum atomic E-state index is -0.265. The molecule has 1 aliphatic carbocycles. The molecule has 0 N–H and O–H groups in total. The van der Waals surface area contributed by atoms with Crippen LogP contribution in [-0.2, 0) is 14.4 Å². The summed E-state index contributed by atoms with van der Waals surface area (Å²) in [5.41, 5.74) is 1.13. The Kier molecular flexibility index (Phi) is 2.47. The lowest BCUT2D eigenvalue weighted by molar-refractivity contribution is -0.222. The van der Waals surface area contributed by atoms with Crippen molar-refractivity contribution in [1.29, 1.82) is 0 Å². The second kappa shape index (κ2) is 4.18. The number of hydroxylamine groups is 2. The molecule has 0 amide bonds. The van der Waals surface area contributed by atoms with Crippen LogP contribution in [0.5, 0.6) is 0 Å². The largest absolute Gasteiger partial charge is 0.462 e. The Balaban J connectivity index is 1.68. The molecule has 98 valence electrons. The van der Waals surface area contributed by atoms with E-state index >= 15 is 0 Å². The number of allylic oxidation sites excluding steroid dienone is 1. The lowest BCUT2D eigenvalue weighted by Crippen LogP contribution is -2.48. The third-order valence-corrected chi connectivity index (χ3v) is 4.20. The second-order valence-corrected chi connectivity index (χ2v) is 5.26. The zero-order valence-electron chi connectivity index (χ0n) is 10.4. The number of nitrogens with zero attached hydrogens (tertiary/aromatic N) is 1. The molecule has 2 heterocycles. The molecule has 2 saturated heterocycles. The van der Waals surface area contributed by atoms with E-state index in [-0.39, 0.29) is 30.1 Å². The van der Waals surface area contributed by atoms with Gasteiger partial charge in [-0.25, -0.2) is 0 Å². The summed E-state index contributed by atoms with van der Waals surface area (Å²) in [6, 6.07) is 9.82. The topological polar surface area (TPSA) is 38.8 Å². The maximum absolute atomic E-state index is 12.0. The van der Waals surface area contributed by atoms with E-state index in [1.807, 2.05) is 35.4 Å². The number of hydrogen-bond acceptors (Lipinski definition) is 4. The molecule has 0 spiro atoms. The van der Waals surface area contributed by atoms with Gasteiger partial charge < -0.3 is 4.74 Å². The first-order valence-electron chi connectivity index (χ1n) is 6.68. The van der Waals surface area contributed by atoms with E-state index in [1.54, 1.807) is 0 Å². The van der Waals surface area contributed by atoms with E-state index in [1.165, 1.54) is 0 Å². The van der Waals surface area contributed by atoms with Crippen LogP contribution >= 0.6 is 0 Å². The van der Waals surface area contributed by atoms with Crippen LogP contribution in [0.3, 0.4) is 0 Å². The number of cyclic esters (lactones) is 1. The van der Waals surface area contributed by atoms with Gasteiger partial charge in [0.1, 0.15) is 18.8 Å². The van der Waals surface area contributed by atoms with E-state index < -0.39 is 0 Å². The van der Waals surface area contributed by atoms with E-state index in [4.69, 9.17) is 9.57 Å². The normalized spacial score (nSPS) is 36.9. The highest BCUT2D eigenvalue weighted by Gasteiger charge is 2.53. The van der Waals surface area contributed by atoms with E-state index in [9.17, 15) is 4.79 Å². The van der Waals surface area contributed by atoms with Crippen LogP contribution in [0.2, 0.25) is 0 Å². The fourth-order valence-corrected chi connectivity index (χ4v) is 3.25. The fraction of sp³-hybridized carbons (Fsp3) is 0.400. The van der Waals surface area contributed by atoms with Gasteiger partial charge in [-0.2, -0.15) is 5.06 Å². The second-order valence-electron chi connectivity index (χ2n) is 5.26. The molecule has 4 atom stereocenters. The molecule has 0 unspecified atom stereocenters. The standard InChI is InChI=1S/C15H15NO3/c17-15-14-11-7-4-8-13(11)19-16(14)12(9-18-15)10-5-2-1-3-6-10/h1-6,8,11-14H,7,9H2/t11-,12+,13+,14-/m0/s1. The van der Waals surface area contributed by atoms with Crippen LogP contribution in [-0.4, -0.2) is 29.8 Å². The SMILES string of the molecule is O=C1OC[C@H](c2ccccc2)N2O[C@@H]3C=CC[C@@H]3[C@@H]12. The average Bonchev–Trinajstić information content (AvgIpc) is 3.00. The Morgan fingerprint density at radius 3 is 2.89 bits per heavy atom. The van der Waals surface area contributed by atoms with Gasteiger partial charge in [-0.05, 0) is 12.0 Å². The quantitative estimate of drug-likeness (QED) is 0.568. The van der Waals surface area contributed by atoms with Crippen molar-refractivity contribution in [2.24, 2.45) is 5.92 Å². The highest BCUT2D eigenvalue weighted by Crippen LogP contribution is 2.42. The molecule has 0 bridgehead atoms. The van der Waals surface area contributed by atoms with Gasteiger partial charge in [-0.15, -0.1) is 0 Å². The third-order valence-electron chi connectivity index (χ3n) is 4.20. The van der Waals surface area contributed by atoms with Crippen LogP contribution in [0.4, 0.5) is 0 Å². The first-order chi connectivity index (χ1) is 9.34. The van der Waals surface area contributed by atoms with Gasteiger partial charge in [-0.1, -0.05) is 42.5 Å². The van der Waals surface area contributed by atoms with Crippen molar-refractivity contribution in [2.75, 3.05) is 6.61 Å². The zero-order valence-corrected chi connectivity index (χ0v) is 10.4. The van der Waals surface area contributed by atoms with Crippen molar-refractivity contribution >= 4 is 5.97 Å². The third kappa shape index (κ3) is 1.64. The molecule has 0 radical (unpaired) electrons. The number of fused-ring (bicyclic) bond motifs is 3. The maximum Gasteiger partial charge on any atom is 0.326 e. The predicted molar refractivity (Wildman–Crippen MR) is 67.9 cm³/mol. The number of benzene rings is 1. The molecular weight excluding hydrogens is 242 g/mol. The van der Waals surface area contributed by atoms with Gasteiger partial charge >= 0.3 is 5.97 Å². The summed E-state index contributed by atoms with van der Waals surface area (Å²) in [6.07, 6.45) is 5.06. The number of carbonyl (C=O) groups excluding carboxylic acids is 1. The van der Waals surface area contributed by atoms with Gasteiger partial charge in [0.2, 0.25) is 0 Å². The van der Waals surface area contributed by atoms with E-state index in [0.717, 1.165) is 12.0 Å². The number of esters is 1. The van der Waals surface area contributed by atoms with Crippen molar-refractivity contribution in [3.05, 3.63) is 48.0 Å². The molecule has 4 heteroatoms. The van der Waals surface area contributed by atoms with Crippen LogP contribution in [0.25, 0.3) is 0 Å². The van der Waals surface area contributed by atoms with Crippen molar-refractivity contribution in [1.82, 2.24) is 5.06 Å². The molecular formula is C15H15NO3. The number of hydrogen-bond donors (Lipinski definition) is 0. The Hall–Kier alpha value is -1.65. The maximum atomic E-state index is 12.0. The summed E-state index contributed by atoms with van der Waals surface area (Å²) in [6.45, 7) is 0.364. The zero-order chi connectivity index (χ0) is 12.8. The monoisotopic (exact) mass is 257 g/mol. The van der Waals surface area contributed by atoms with Gasteiger partial charge in [-0.3, -0.25) is 9.63 Å². The summed E-state index contributed by atoms with van der Waals surface area (Å²) in [4.78, 5) is 18.0. The van der Waals surface area contributed by atoms with Crippen LogP contribution in [0.15, 0.2) is 42.5 Å². The Bertz CT molecular complexity index is 527. The van der Waals surface area contributed by atoms with E-state index in [2.05, 4.69) is 12.2 Å². The number of ether oxygens (including phenoxy) is 1. The molecule has 2 fully saturated rings. The lowest BCUT2D eigenvalue weighted by atomic mass is 9.94. The lowest BCUT2D eigenvalue weighted by Gasteiger charge is -2.35. The molecule has 1 aromatic carbocycles. The van der Waals surface area contributed by atoms with E-state index in [0.29, 0.717) is 6.61 Å². The summed E-state index contributed by atoms with van der Waals surface area (Å²) in [7, 11) is 0. The Morgan fingerprint density at radius 2 is 2.05 bits per heavy atom. The number of rotatable bonds is 1. The Labute approximate surface area is 111 Å². The number of morpholine rings is 1. The van der Waals surface area contributed by atoms with Crippen molar-refractivity contribution in [3.8, 4) is 0 Å². The molecule has 4 nitrogen and oxygen atoms in total. The average molecular weight is 257 g/mol. The molecule has 2 aliphatic heterocycles. The first-order valence-corrected chi connectivity index (χ1v) is 6.68. The minimum Gasteiger partial charge on any atom is -0.462 e. The summed E-state index contributed by atoms with van der Waals surface area (Å²) in [5, 5.41) is 1.86. The molecule has 3 aliphatic rings. The first kappa shape index (κ1) is 11.2. The van der Waals surface area contributed by atoms with Crippen LogP contribution in [0, 0.1) is 5.92 Å². The fourth-order valence-electron chi connectivity index (χ4n) is 3.25. The minimum absolute atomic E-state index is 0.00269. The van der Waals surface area contributed by atoms with Gasteiger partial charge in [0.15, 0.2) is 0 Å². The van der Waals surface area contributed by atoms with Crippen molar-refractivity contribution in [2.45, 2.75) is 24.6 Å². The molecule has 0 saturated carbocycles. The Morgan fingerprint density at radius 1 is 1.21 bits per heavy atom. The highest BCUT2D eigenvalue weighted by atomic mass is 16.7. The van der Waals surface area contributed by atoms with Crippen molar-refractivity contribution < 1.29 is 14.4 Å². The molecule has 0 aromatic heterocycles. The summed E-state index contributed by atoms with van der Waals surface area (Å²) < 4.78 is 5.38. The summed E-state index contributed by atoms with van der Waals surface area (Å²) in [5.74, 6) is 0.0578. The van der Waals surface area contributed by atoms with Gasteiger partial charge in [0.25, 0.3) is 0 Å². The molecule has 1 aromatic rings. The van der Waals surface area contributed by atoms with Crippen LogP contribution in [0.1, 0.15) is 18.0 Å². The van der Waals surface area contributed by atoms with Crippen LogP contribution < -0.4 is 0 Å². The van der Waals surface area contributed by atoms with Crippen molar-refractivity contribution in [3.63, 3.8) is 0 Å². The predicted octanol–water partition coefficient (Wildman–Crippen LogP) is 1.84. The summed E-state index contributed by atoms with van der Waals surface area (Å²) >= 11 is 0. The molecule has 19 heavy (non-hydrogen) atoms. The molecule has 4 rings (SSSR count). The smallest absolute Gasteiger partial charge is 0.326 e. The number of carbonyl (C=O) groups is 1. The van der Waals surface area contributed by atoms with Gasteiger partial charge in [0.05, 0.1) is 6.04 Å². The highest BCUT2D eigenvalue weighted by molar-refractivity contribution is 5.77.